The molecule has 1 amide bonds. The highest BCUT2D eigenvalue weighted by atomic mass is 35.5. The van der Waals surface area contributed by atoms with Gasteiger partial charge in [0, 0.05) is 21.2 Å². The quantitative estimate of drug-likeness (QED) is 0.125. The molecule has 1 N–H and O–H groups in total. The first-order valence-electron chi connectivity index (χ1n) is 11.8. The van der Waals surface area contributed by atoms with Gasteiger partial charge in [0.25, 0.3) is 5.91 Å². The number of hydrogen-bond donors (Lipinski definition) is 1. The predicted octanol–water partition coefficient (Wildman–Crippen LogP) is 7.37. The fourth-order valence-electron chi connectivity index (χ4n) is 3.40. The van der Waals surface area contributed by atoms with E-state index in [1.165, 1.54) is 4.90 Å². The summed E-state index contributed by atoms with van der Waals surface area (Å²) in [6.45, 7) is 2.80. The maximum atomic E-state index is 12.5. The van der Waals surface area contributed by atoms with Crippen LogP contribution in [-0.4, -0.2) is 18.7 Å². The van der Waals surface area contributed by atoms with Crippen LogP contribution in [0.4, 0.5) is 0 Å². The maximum Gasteiger partial charge on any atom is 0.271 e. The van der Waals surface area contributed by atoms with Gasteiger partial charge in [0.05, 0.1) is 12.8 Å². The minimum atomic E-state index is -0.272. The highest BCUT2D eigenvalue weighted by molar-refractivity contribution is 7.98. The van der Waals surface area contributed by atoms with Crippen LogP contribution in [0.2, 0.25) is 5.02 Å². The van der Waals surface area contributed by atoms with E-state index in [1.807, 2.05) is 91.9 Å². The number of halogens is 1. The number of amides is 1. The highest BCUT2D eigenvalue weighted by Gasteiger charge is 2.08. The van der Waals surface area contributed by atoms with Crippen molar-refractivity contribution in [3.05, 3.63) is 124 Å². The van der Waals surface area contributed by atoms with E-state index in [9.17, 15) is 4.79 Å². The molecule has 0 radical (unpaired) electrons. The number of ether oxygens (including phenoxy) is 2. The molecule has 188 valence electrons. The van der Waals surface area contributed by atoms with E-state index < -0.39 is 0 Å². The number of thioether (sulfide) groups is 1. The van der Waals surface area contributed by atoms with Gasteiger partial charge in [-0.1, -0.05) is 54.1 Å². The van der Waals surface area contributed by atoms with Crippen molar-refractivity contribution in [3.63, 3.8) is 0 Å². The molecule has 0 aromatic heterocycles. The molecule has 0 saturated carbocycles. The summed E-state index contributed by atoms with van der Waals surface area (Å²) >= 11 is 7.70. The van der Waals surface area contributed by atoms with Crippen molar-refractivity contribution in [1.29, 1.82) is 0 Å². The number of nitrogens with one attached hydrogen (secondary N) is 1. The van der Waals surface area contributed by atoms with Crippen LogP contribution < -0.4 is 14.9 Å². The highest BCUT2D eigenvalue weighted by Crippen LogP contribution is 2.29. The number of benzene rings is 4. The Morgan fingerprint density at radius 2 is 1.62 bits per heavy atom. The first-order chi connectivity index (χ1) is 18.1. The molecule has 37 heavy (non-hydrogen) atoms. The fraction of sp³-hybridized carbons (Fsp3) is 0.133. The molecule has 0 unspecified atom stereocenters. The summed E-state index contributed by atoms with van der Waals surface area (Å²) in [6.07, 6.45) is 1.58. The number of rotatable bonds is 11. The zero-order chi connectivity index (χ0) is 25.9. The van der Waals surface area contributed by atoms with Crippen LogP contribution in [0, 0.1) is 0 Å². The lowest BCUT2D eigenvalue weighted by atomic mass is 10.1. The summed E-state index contributed by atoms with van der Waals surface area (Å²) in [4.78, 5) is 13.7. The molecule has 0 bridgehead atoms. The molecule has 0 atom stereocenters. The normalized spacial score (nSPS) is 10.9. The van der Waals surface area contributed by atoms with Gasteiger partial charge in [-0.2, -0.15) is 5.10 Å². The molecule has 0 aliphatic heterocycles. The number of hydrazone groups is 1. The minimum Gasteiger partial charge on any atom is -0.490 e. The average molecular weight is 531 g/mol. The second kappa shape index (κ2) is 13.5. The standard InChI is InChI=1S/C30H27ClN2O3S/c1-2-35-29-18-24(12-17-28(29)36-20-22-10-15-26(31)16-11-22)19-32-33-30(34)25-13-8-23(9-14-25)21-37-27-6-4-3-5-7-27/h3-19H,2,20-21H2,1H3,(H,33,34)/b32-19-. The predicted molar refractivity (Wildman–Crippen MR) is 151 cm³/mol. The molecule has 5 nitrogen and oxygen atoms in total. The van der Waals surface area contributed by atoms with E-state index in [4.69, 9.17) is 21.1 Å². The van der Waals surface area contributed by atoms with E-state index in [1.54, 1.807) is 18.0 Å². The molecule has 0 spiro atoms. The Balaban J connectivity index is 1.31. The van der Waals surface area contributed by atoms with E-state index in [2.05, 4.69) is 22.7 Å². The van der Waals surface area contributed by atoms with Gasteiger partial charge in [-0.25, -0.2) is 5.43 Å². The third-order valence-electron chi connectivity index (χ3n) is 5.32. The van der Waals surface area contributed by atoms with Crippen LogP contribution >= 0.6 is 23.4 Å². The lowest BCUT2D eigenvalue weighted by Gasteiger charge is -2.12. The summed E-state index contributed by atoms with van der Waals surface area (Å²) in [5.41, 5.74) is 6.06. The van der Waals surface area contributed by atoms with E-state index in [0.717, 1.165) is 22.4 Å². The van der Waals surface area contributed by atoms with Gasteiger partial charge in [0.2, 0.25) is 0 Å². The van der Waals surface area contributed by atoms with Gasteiger partial charge >= 0.3 is 0 Å². The van der Waals surface area contributed by atoms with E-state index in [-0.39, 0.29) is 5.91 Å². The van der Waals surface area contributed by atoms with Crippen LogP contribution in [-0.2, 0) is 12.4 Å². The molecule has 0 aliphatic carbocycles. The van der Waals surface area contributed by atoms with Crippen LogP contribution in [0.5, 0.6) is 11.5 Å². The first-order valence-corrected chi connectivity index (χ1v) is 13.2. The Labute approximate surface area is 226 Å². The Kier molecular flexibility index (Phi) is 9.63. The maximum absolute atomic E-state index is 12.5. The fourth-order valence-corrected chi connectivity index (χ4v) is 4.40. The zero-order valence-electron chi connectivity index (χ0n) is 20.4. The number of carbonyl (C=O) groups is 1. The number of carbonyl (C=O) groups excluding carboxylic acids is 1. The average Bonchev–Trinajstić information content (AvgIpc) is 2.93. The van der Waals surface area contributed by atoms with Crippen molar-refractivity contribution in [2.24, 2.45) is 5.10 Å². The van der Waals surface area contributed by atoms with Crippen LogP contribution in [0.1, 0.15) is 34.0 Å². The summed E-state index contributed by atoms with van der Waals surface area (Å²) in [7, 11) is 0. The van der Waals surface area contributed by atoms with Gasteiger partial charge in [0.1, 0.15) is 6.61 Å². The molecule has 0 heterocycles. The molecule has 4 aromatic rings. The van der Waals surface area contributed by atoms with Crippen molar-refractivity contribution in [2.75, 3.05) is 6.61 Å². The third kappa shape index (κ3) is 8.13. The lowest BCUT2D eigenvalue weighted by Crippen LogP contribution is -2.17. The van der Waals surface area contributed by atoms with Crippen molar-refractivity contribution in [2.45, 2.75) is 24.2 Å². The van der Waals surface area contributed by atoms with Crippen molar-refractivity contribution < 1.29 is 14.3 Å². The summed E-state index contributed by atoms with van der Waals surface area (Å²) in [6, 6.07) is 30.8. The molecular formula is C30H27ClN2O3S. The van der Waals surface area contributed by atoms with Crippen molar-refractivity contribution >= 4 is 35.5 Å². The molecule has 4 rings (SSSR count). The Bertz CT molecular complexity index is 1330. The molecule has 0 saturated heterocycles. The second-order valence-corrected chi connectivity index (χ2v) is 9.54. The second-order valence-electron chi connectivity index (χ2n) is 8.05. The molecule has 4 aromatic carbocycles. The van der Waals surface area contributed by atoms with Crippen LogP contribution in [0.15, 0.2) is 107 Å². The van der Waals surface area contributed by atoms with Crippen molar-refractivity contribution in [3.8, 4) is 11.5 Å². The van der Waals surface area contributed by atoms with Gasteiger partial charge in [-0.15, -0.1) is 11.8 Å². The van der Waals surface area contributed by atoms with E-state index >= 15 is 0 Å². The van der Waals surface area contributed by atoms with Gasteiger partial charge in [-0.3, -0.25) is 4.79 Å². The minimum absolute atomic E-state index is 0.272. The molecule has 0 aliphatic rings. The van der Waals surface area contributed by atoms with Gasteiger partial charge < -0.3 is 9.47 Å². The monoisotopic (exact) mass is 530 g/mol. The smallest absolute Gasteiger partial charge is 0.271 e. The number of nitrogens with zero attached hydrogens (tertiary/aromatic N) is 1. The largest absolute Gasteiger partial charge is 0.490 e. The SMILES string of the molecule is CCOc1cc(/C=N\NC(=O)c2ccc(CSc3ccccc3)cc2)ccc1OCc1ccc(Cl)cc1. The topological polar surface area (TPSA) is 59.9 Å². The van der Waals surface area contributed by atoms with Gasteiger partial charge in [-0.05, 0) is 78.2 Å². The summed E-state index contributed by atoms with van der Waals surface area (Å²) < 4.78 is 11.7. The Hall–Kier alpha value is -3.74. The molecule has 0 fully saturated rings. The van der Waals surface area contributed by atoms with Crippen LogP contribution in [0.25, 0.3) is 0 Å². The molecule has 7 heteroatoms. The molecular weight excluding hydrogens is 504 g/mol. The van der Waals surface area contributed by atoms with Crippen LogP contribution in [0.3, 0.4) is 0 Å². The summed E-state index contributed by atoms with van der Waals surface area (Å²) in [5, 5.41) is 4.80. The third-order valence-corrected chi connectivity index (χ3v) is 6.65. The Morgan fingerprint density at radius 3 is 2.35 bits per heavy atom. The lowest BCUT2D eigenvalue weighted by molar-refractivity contribution is 0.0955. The van der Waals surface area contributed by atoms with Gasteiger partial charge in [0.15, 0.2) is 11.5 Å². The Morgan fingerprint density at radius 1 is 0.892 bits per heavy atom. The van der Waals surface area contributed by atoms with Crippen molar-refractivity contribution in [1.82, 2.24) is 5.43 Å². The van der Waals surface area contributed by atoms with E-state index in [0.29, 0.717) is 35.3 Å². The first kappa shape index (κ1) is 26.3. The number of hydrogen-bond acceptors (Lipinski definition) is 5. The zero-order valence-corrected chi connectivity index (χ0v) is 22.0. The summed E-state index contributed by atoms with van der Waals surface area (Å²) in [5.74, 6) is 1.80.